The minimum absolute atomic E-state index is 1.13. The molecule has 4 heteroatoms. The molecule has 9 aromatic carbocycles. The zero-order valence-corrected chi connectivity index (χ0v) is 33.0. The van der Waals surface area contributed by atoms with E-state index in [1.54, 1.807) is 0 Å². The van der Waals surface area contributed by atoms with Gasteiger partial charge >= 0.3 is 0 Å². The summed E-state index contributed by atoms with van der Waals surface area (Å²) in [4.78, 5) is 2.55. The van der Waals surface area contributed by atoms with Gasteiger partial charge in [-0.2, -0.15) is 0 Å². The van der Waals surface area contributed by atoms with Crippen molar-refractivity contribution < 1.29 is 0 Å². The Morgan fingerprint density at radius 2 is 0.914 bits per heavy atom. The van der Waals surface area contributed by atoms with Gasteiger partial charge < -0.3 is 9.47 Å². The predicted octanol–water partition coefficient (Wildman–Crippen LogP) is 16.3. The van der Waals surface area contributed by atoms with E-state index < -0.39 is 0 Å². The molecule has 0 saturated heterocycles. The van der Waals surface area contributed by atoms with Gasteiger partial charge in [0.25, 0.3) is 0 Å². The van der Waals surface area contributed by atoms with E-state index in [-0.39, 0.29) is 0 Å². The molecule has 0 aliphatic rings. The van der Waals surface area contributed by atoms with Crippen LogP contribution in [-0.4, -0.2) is 4.57 Å². The van der Waals surface area contributed by atoms with Crippen LogP contribution in [0.5, 0.6) is 0 Å². The summed E-state index contributed by atoms with van der Waals surface area (Å²) in [5, 5.41) is 7.63. The molecule has 58 heavy (non-hydrogen) atoms. The first-order valence-corrected chi connectivity index (χ1v) is 21.3. The fraction of sp³-hybridized carbons (Fsp3) is 0. The van der Waals surface area contributed by atoms with Crippen LogP contribution in [0.1, 0.15) is 0 Å². The quantitative estimate of drug-likeness (QED) is 0.163. The van der Waals surface area contributed by atoms with Crippen LogP contribution in [0.25, 0.3) is 90.1 Å². The van der Waals surface area contributed by atoms with E-state index in [1.165, 1.54) is 90.1 Å². The Bertz CT molecular complexity index is 3520. The van der Waals surface area contributed by atoms with Crippen LogP contribution in [0.2, 0.25) is 0 Å². The van der Waals surface area contributed by atoms with Gasteiger partial charge in [-0.15, -0.1) is 22.7 Å². The maximum absolute atomic E-state index is 2.55. The number of anilines is 3. The molecule has 12 aromatic rings. The number of rotatable bonds is 6. The highest BCUT2D eigenvalue weighted by atomic mass is 32.1. The molecule has 0 spiro atoms. The minimum atomic E-state index is 1.13. The maximum Gasteiger partial charge on any atom is 0.0640 e. The molecule has 0 atom stereocenters. The summed E-state index contributed by atoms with van der Waals surface area (Å²) in [5.74, 6) is 0. The average Bonchev–Trinajstić information content (AvgIpc) is 3.98. The third kappa shape index (κ3) is 5.09. The van der Waals surface area contributed by atoms with Crippen LogP contribution in [0.4, 0.5) is 17.1 Å². The third-order valence-electron chi connectivity index (χ3n) is 11.6. The molecule has 0 fully saturated rings. The fourth-order valence-electron chi connectivity index (χ4n) is 9.06. The number of hydrogen-bond acceptors (Lipinski definition) is 3. The fourth-order valence-corrected chi connectivity index (χ4v) is 11.5. The van der Waals surface area contributed by atoms with Gasteiger partial charge in [-0.1, -0.05) is 146 Å². The maximum atomic E-state index is 2.55. The van der Waals surface area contributed by atoms with Gasteiger partial charge in [0.15, 0.2) is 0 Å². The van der Waals surface area contributed by atoms with E-state index in [2.05, 4.69) is 216 Å². The van der Waals surface area contributed by atoms with Gasteiger partial charge in [-0.3, -0.25) is 0 Å². The van der Waals surface area contributed by atoms with Crippen LogP contribution in [0.15, 0.2) is 206 Å². The highest BCUT2D eigenvalue weighted by Gasteiger charge is 2.26. The first-order chi connectivity index (χ1) is 28.8. The SMILES string of the molecule is c1ccc(-c2cc(-c3cccc4c3sc3ccccc34)ccc2N(c2cccc3c2sc2ccccc23)c2cccc3c2c2ccccc2n3-c2ccccc2)cc1. The number of fused-ring (bicyclic) bond motifs is 9. The largest absolute Gasteiger partial charge is 0.309 e. The van der Waals surface area contributed by atoms with Crippen molar-refractivity contribution in [2.75, 3.05) is 4.90 Å². The number of hydrogen-bond donors (Lipinski definition) is 0. The van der Waals surface area contributed by atoms with Crippen LogP contribution in [-0.2, 0) is 0 Å². The monoisotopic (exact) mass is 774 g/mol. The number of para-hydroxylation sites is 2. The zero-order valence-electron chi connectivity index (χ0n) is 31.3. The van der Waals surface area contributed by atoms with E-state index in [0.717, 1.165) is 17.1 Å². The predicted molar refractivity (Wildman–Crippen MR) is 252 cm³/mol. The highest BCUT2D eigenvalue weighted by molar-refractivity contribution is 7.26. The normalized spacial score (nSPS) is 11.8. The van der Waals surface area contributed by atoms with Crippen molar-refractivity contribution in [3.05, 3.63) is 206 Å². The van der Waals surface area contributed by atoms with Gasteiger partial charge in [0, 0.05) is 57.7 Å². The van der Waals surface area contributed by atoms with Crippen molar-refractivity contribution in [3.8, 4) is 27.9 Å². The standard InChI is InChI=1S/C54H34N2S2/c1-3-16-35(17-4-1)44-34-36(38-23-13-24-41-39-20-8-11-30-50(39)57-53(38)41)32-33-46(44)56(49-29-14-25-42-40-21-9-12-31-51(40)58-54(42)49)48-28-15-27-47-52(48)43-22-7-10-26-45(43)55(47)37-18-5-2-6-19-37/h1-34H. The van der Waals surface area contributed by atoms with Crippen molar-refractivity contribution in [1.29, 1.82) is 0 Å². The molecule has 0 bridgehead atoms. The van der Waals surface area contributed by atoms with Crippen molar-refractivity contribution >= 4 is 102 Å². The highest BCUT2D eigenvalue weighted by Crippen LogP contribution is 2.51. The molecule has 0 amide bonds. The molecular formula is C54H34N2S2. The minimum Gasteiger partial charge on any atom is -0.309 e. The van der Waals surface area contributed by atoms with Gasteiger partial charge in [0.2, 0.25) is 0 Å². The van der Waals surface area contributed by atoms with E-state index in [0.29, 0.717) is 0 Å². The summed E-state index contributed by atoms with van der Waals surface area (Å²) in [7, 11) is 0. The van der Waals surface area contributed by atoms with Crippen molar-refractivity contribution in [3.63, 3.8) is 0 Å². The Balaban J connectivity index is 1.19. The summed E-state index contributed by atoms with van der Waals surface area (Å²) in [6, 6.07) is 75.7. The molecule has 272 valence electrons. The zero-order chi connectivity index (χ0) is 38.2. The van der Waals surface area contributed by atoms with Gasteiger partial charge in [0.05, 0.1) is 32.8 Å². The first kappa shape index (κ1) is 33.2. The number of thiophene rings is 2. The number of aromatic nitrogens is 1. The lowest BCUT2D eigenvalue weighted by Crippen LogP contribution is -2.12. The lowest BCUT2D eigenvalue weighted by atomic mass is 9.95. The Labute approximate surface area is 343 Å². The molecule has 3 aromatic heterocycles. The van der Waals surface area contributed by atoms with Crippen LogP contribution < -0.4 is 4.90 Å². The molecule has 12 rings (SSSR count). The second-order valence-electron chi connectivity index (χ2n) is 14.8. The second kappa shape index (κ2) is 13.3. The molecular weight excluding hydrogens is 741 g/mol. The Morgan fingerprint density at radius 1 is 0.345 bits per heavy atom. The van der Waals surface area contributed by atoms with Crippen LogP contribution in [0.3, 0.4) is 0 Å². The van der Waals surface area contributed by atoms with Crippen molar-refractivity contribution in [2.45, 2.75) is 0 Å². The number of benzene rings is 9. The Morgan fingerprint density at radius 3 is 1.69 bits per heavy atom. The smallest absolute Gasteiger partial charge is 0.0640 e. The molecule has 0 radical (unpaired) electrons. The molecule has 3 heterocycles. The second-order valence-corrected chi connectivity index (χ2v) is 16.9. The third-order valence-corrected chi connectivity index (χ3v) is 14.0. The Hall–Kier alpha value is -6.98. The molecule has 0 N–H and O–H groups in total. The van der Waals surface area contributed by atoms with E-state index >= 15 is 0 Å². The van der Waals surface area contributed by atoms with E-state index in [1.807, 2.05) is 22.7 Å². The summed E-state index contributed by atoms with van der Waals surface area (Å²) in [6.07, 6.45) is 0. The summed E-state index contributed by atoms with van der Waals surface area (Å²) < 4.78 is 7.61. The van der Waals surface area contributed by atoms with Gasteiger partial charge in [0.1, 0.15) is 0 Å². The topological polar surface area (TPSA) is 8.17 Å². The first-order valence-electron chi connectivity index (χ1n) is 19.7. The summed E-state index contributed by atoms with van der Waals surface area (Å²) >= 11 is 3.76. The molecule has 0 aliphatic carbocycles. The van der Waals surface area contributed by atoms with E-state index in [4.69, 9.17) is 0 Å². The Kier molecular flexibility index (Phi) is 7.62. The molecule has 0 aliphatic heterocycles. The van der Waals surface area contributed by atoms with Gasteiger partial charge in [-0.25, -0.2) is 0 Å². The lowest BCUT2D eigenvalue weighted by molar-refractivity contribution is 1.18. The van der Waals surface area contributed by atoms with E-state index in [9.17, 15) is 0 Å². The lowest BCUT2D eigenvalue weighted by Gasteiger charge is -2.29. The summed E-state index contributed by atoms with van der Waals surface area (Å²) in [5.41, 5.74) is 11.8. The molecule has 2 nitrogen and oxygen atoms in total. The molecule has 0 saturated carbocycles. The van der Waals surface area contributed by atoms with Crippen molar-refractivity contribution in [1.82, 2.24) is 4.57 Å². The van der Waals surface area contributed by atoms with Crippen LogP contribution in [0, 0.1) is 0 Å². The average molecular weight is 775 g/mol. The summed E-state index contributed by atoms with van der Waals surface area (Å²) in [6.45, 7) is 0. The number of nitrogens with zero attached hydrogens (tertiary/aromatic N) is 2. The van der Waals surface area contributed by atoms with Gasteiger partial charge in [-0.05, 0) is 77.4 Å². The van der Waals surface area contributed by atoms with Crippen LogP contribution >= 0.6 is 22.7 Å². The molecule has 0 unspecified atom stereocenters. The van der Waals surface area contributed by atoms with Crippen molar-refractivity contribution in [2.24, 2.45) is 0 Å².